The summed E-state index contributed by atoms with van der Waals surface area (Å²) in [6, 6.07) is 14.1. The molecule has 1 N–H and O–H groups in total. The fraction of sp³-hybridized carbons (Fsp3) is 0.261. The molecule has 0 fully saturated rings. The number of hydrogen-bond donors (Lipinski definition) is 1. The minimum Gasteiger partial charge on any atom is -0.358 e. The summed E-state index contributed by atoms with van der Waals surface area (Å²) >= 11 is 0. The summed E-state index contributed by atoms with van der Waals surface area (Å²) in [4.78, 5) is 22.4. The van der Waals surface area contributed by atoms with E-state index in [2.05, 4.69) is 41.3 Å². The normalized spacial score (nSPS) is 20.8. The lowest BCUT2D eigenvalue weighted by molar-refractivity contribution is -0.118. The molecule has 4 heteroatoms. The van der Waals surface area contributed by atoms with Gasteiger partial charge in [-0.3, -0.25) is 14.8 Å². The molecule has 1 aromatic carbocycles. The van der Waals surface area contributed by atoms with Crippen molar-refractivity contribution in [2.24, 2.45) is 5.41 Å². The summed E-state index contributed by atoms with van der Waals surface area (Å²) in [7, 11) is 0. The highest BCUT2D eigenvalue weighted by molar-refractivity contribution is 6.03. The van der Waals surface area contributed by atoms with Crippen molar-refractivity contribution < 1.29 is 4.79 Å². The molecule has 0 amide bonds. The molecule has 1 atom stereocenters. The standard InChI is InChI=1S/C23H21N3O/c1-23(2)12-18-21(19(27)13-23)22(16-7-3-4-10-25-16)20-14-6-5-11-24-15(14)8-9-17(20)26-18/h3-11,22,26H,12-13H2,1-2H3/t22-/m0/s1. The first-order valence-corrected chi connectivity index (χ1v) is 9.35. The fourth-order valence-corrected chi connectivity index (χ4v) is 4.53. The lowest BCUT2D eigenvalue weighted by Crippen LogP contribution is -2.34. The number of carbonyl (C=O) groups is 1. The van der Waals surface area contributed by atoms with E-state index in [0.29, 0.717) is 6.42 Å². The van der Waals surface area contributed by atoms with E-state index in [1.165, 1.54) is 0 Å². The zero-order chi connectivity index (χ0) is 18.6. The zero-order valence-electron chi connectivity index (χ0n) is 15.5. The van der Waals surface area contributed by atoms with Crippen LogP contribution < -0.4 is 5.32 Å². The van der Waals surface area contributed by atoms with Crippen molar-refractivity contribution in [3.05, 3.63) is 77.4 Å². The molecular formula is C23H21N3O. The lowest BCUT2D eigenvalue weighted by Gasteiger charge is -2.39. The van der Waals surface area contributed by atoms with Gasteiger partial charge in [-0.2, -0.15) is 0 Å². The highest BCUT2D eigenvalue weighted by Gasteiger charge is 2.41. The second kappa shape index (κ2) is 5.74. The first kappa shape index (κ1) is 16.2. The van der Waals surface area contributed by atoms with Crippen LogP contribution in [0.1, 0.15) is 43.9 Å². The minimum atomic E-state index is -0.158. The molecule has 1 aliphatic heterocycles. The largest absolute Gasteiger partial charge is 0.358 e. The molecule has 0 radical (unpaired) electrons. The van der Waals surface area contributed by atoms with Gasteiger partial charge in [0.05, 0.1) is 17.1 Å². The zero-order valence-corrected chi connectivity index (χ0v) is 15.5. The molecule has 3 aromatic rings. The number of ketones is 1. The number of allylic oxidation sites excluding steroid dienone is 2. The summed E-state index contributed by atoms with van der Waals surface area (Å²) in [5.74, 6) is 0.0601. The van der Waals surface area contributed by atoms with Gasteiger partial charge in [0.2, 0.25) is 0 Å². The molecule has 1 aliphatic carbocycles. The smallest absolute Gasteiger partial charge is 0.162 e. The Bertz CT molecular complexity index is 1100. The summed E-state index contributed by atoms with van der Waals surface area (Å²) in [6.07, 6.45) is 5.04. The lowest BCUT2D eigenvalue weighted by atomic mass is 9.69. The highest BCUT2D eigenvalue weighted by Crippen LogP contribution is 2.50. The average molecular weight is 355 g/mol. The maximum absolute atomic E-state index is 13.2. The molecule has 2 aromatic heterocycles. The van der Waals surface area contributed by atoms with Gasteiger partial charge in [0.25, 0.3) is 0 Å². The SMILES string of the molecule is CC1(C)CC(=O)C2=C(C1)Nc1ccc3ncccc3c1[C@@H]2c1ccccn1. The van der Waals surface area contributed by atoms with Crippen LogP contribution in [0, 0.1) is 5.41 Å². The van der Waals surface area contributed by atoms with Gasteiger partial charge in [0.1, 0.15) is 0 Å². The third-order valence-electron chi connectivity index (χ3n) is 5.59. The second-order valence-electron chi connectivity index (χ2n) is 8.24. The van der Waals surface area contributed by atoms with Crippen LogP contribution in [0.5, 0.6) is 0 Å². The van der Waals surface area contributed by atoms with E-state index in [-0.39, 0.29) is 17.1 Å². The summed E-state index contributed by atoms with van der Waals surface area (Å²) in [6.45, 7) is 4.32. The summed E-state index contributed by atoms with van der Waals surface area (Å²) < 4.78 is 0. The van der Waals surface area contributed by atoms with Gasteiger partial charge in [-0.15, -0.1) is 0 Å². The van der Waals surface area contributed by atoms with Crippen molar-refractivity contribution in [2.45, 2.75) is 32.6 Å². The van der Waals surface area contributed by atoms with Crippen molar-refractivity contribution in [1.29, 1.82) is 0 Å². The molecule has 0 saturated heterocycles. The molecule has 0 spiro atoms. The van der Waals surface area contributed by atoms with Crippen molar-refractivity contribution in [3.63, 3.8) is 0 Å². The maximum Gasteiger partial charge on any atom is 0.162 e. The molecule has 5 rings (SSSR count). The predicted molar refractivity (Wildman–Crippen MR) is 106 cm³/mol. The maximum atomic E-state index is 13.2. The first-order valence-electron chi connectivity index (χ1n) is 9.35. The number of fused-ring (bicyclic) bond motifs is 3. The molecule has 0 bridgehead atoms. The van der Waals surface area contributed by atoms with Gasteiger partial charge in [0, 0.05) is 41.2 Å². The Morgan fingerprint density at radius 3 is 2.67 bits per heavy atom. The van der Waals surface area contributed by atoms with Gasteiger partial charge < -0.3 is 5.32 Å². The highest BCUT2D eigenvalue weighted by atomic mass is 16.1. The van der Waals surface area contributed by atoms with Crippen molar-refractivity contribution in [1.82, 2.24) is 9.97 Å². The van der Waals surface area contributed by atoms with Crippen molar-refractivity contribution >= 4 is 22.4 Å². The number of carbonyl (C=O) groups excluding carboxylic acids is 1. The van der Waals surface area contributed by atoms with Crippen LogP contribution in [0.4, 0.5) is 5.69 Å². The van der Waals surface area contributed by atoms with Crippen molar-refractivity contribution in [2.75, 3.05) is 5.32 Å². The number of rotatable bonds is 1. The van der Waals surface area contributed by atoms with Gasteiger partial charge in [-0.1, -0.05) is 26.0 Å². The number of aromatic nitrogens is 2. The Labute approximate surface area is 158 Å². The van der Waals surface area contributed by atoms with E-state index >= 15 is 0 Å². The summed E-state index contributed by atoms with van der Waals surface area (Å²) in [5.41, 5.74) is 5.89. The predicted octanol–water partition coefficient (Wildman–Crippen LogP) is 4.83. The van der Waals surface area contributed by atoms with Gasteiger partial charge in [-0.05, 0) is 47.7 Å². The Morgan fingerprint density at radius 1 is 1.00 bits per heavy atom. The number of pyridine rings is 2. The molecule has 27 heavy (non-hydrogen) atoms. The van der Waals surface area contributed by atoms with E-state index in [9.17, 15) is 4.79 Å². The van der Waals surface area contributed by atoms with Crippen LogP contribution >= 0.6 is 0 Å². The number of nitrogens with zero attached hydrogens (tertiary/aromatic N) is 2. The third kappa shape index (κ3) is 2.55. The average Bonchev–Trinajstić information content (AvgIpc) is 2.66. The fourth-order valence-electron chi connectivity index (χ4n) is 4.53. The van der Waals surface area contributed by atoms with Gasteiger partial charge in [0.15, 0.2) is 5.78 Å². The molecular weight excluding hydrogens is 334 g/mol. The topological polar surface area (TPSA) is 54.9 Å². The Morgan fingerprint density at radius 2 is 1.85 bits per heavy atom. The Hall–Kier alpha value is -3.01. The van der Waals surface area contributed by atoms with Crippen LogP contribution in [0.15, 0.2) is 66.1 Å². The number of anilines is 1. The van der Waals surface area contributed by atoms with Gasteiger partial charge >= 0.3 is 0 Å². The van der Waals surface area contributed by atoms with Crippen LogP contribution in [-0.4, -0.2) is 15.8 Å². The van der Waals surface area contributed by atoms with Crippen LogP contribution in [0.25, 0.3) is 10.9 Å². The van der Waals surface area contributed by atoms with Crippen LogP contribution in [0.2, 0.25) is 0 Å². The molecule has 3 heterocycles. The Balaban J connectivity index is 1.82. The monoisotopic (exact) mass is 355 g/mol. The van der Waals surface area contributed by atoms with Gasteiger partial charge in [-0.25, -0.2) is 0 Å². The summed E-state index contributed by atoms with van der Waals surface area (Å²) in [5, 5.41) is 4.65. The number of benzene rings is 1. The van der Waals surface area contributed by atoms with Crippen molar-refractivity contribution in [3.8, 4) is 0 Å². The third-order valence-corrected chi connectivity index (χ3v) is 5.59. The number of nitrogens with one attached hydrogen (secondary N) is 1. The molecule has 134 valence electrons. The van der Waals surface area contributed by atoms with E-state index in [1.54, 1.807) is 12.4 Å². The van der Waals surface area contributed by atoms with E-state index in [1.807, 2.05) is 30.3 Å². The number of Topliss-reactive ketones (excluding diaryl/α,β-unsaturated/α-hetero) is 1. The molecule has 0 unspecified atom stereocenters. The van der Waals surface area contributed by atoms with E-state index in [4.69, 9.17) is 0 Å². The minimum absolute atomic E-state index is 0.0342. The molecule has 2 aliphatic rings. The quantitative estimate of drug-likeness (QED) is 0.679. The number of hydrogen-bond acceptors (Lipinski definition) is 4. The second-order valence-corrected chi connectivity index (χ2v) is 8.24. The first-order chi connectivity index (χ1) is 13.0. The van der Waals surface area contributed by atoms with E-state index < -0.39 is 0 Å². The van der Waals surface area contributed by atoms with E-state index in [0.717, 1.165) is 45.5 Å². The van der Waals surface area contributed by atoms with Crippen LogP contribution in [-0.2, 0) is 4.79 Å². The van der Waals surface area contributed by atoms with Crippen LogP contribution in [0.3, 0.4) is 0 Å². The Kier molecular flexibility index (Phi) is 3.44. The molecule has 4 nitrogen and oxygen atoms in total. The molecule has 0 saturated carbocycles.